The quantitative estimate of drug-likeness (QED) is 0.785. The van der Waals surface area contributed by atoms with Crippen LogP contribution in [0.15, 0.2) is 0 Å². The largest absolute Gasteiger partial charge is 0.352 e. The third kappa shape index (κ3) is 2.65. The van der Waals surface area contributed by atoms with Gasteiger partial charge < -0.3 is 10.6 Å². The molecule has 1 heterocycles. The van der Waals surface area contributed by atoms with Crippen molar-refractivity contribution >= 4 is 5.91 Å². The van der Waals surface area contributed by atoms with Crippen LogP contribution >= 0.6 is 0 Å². The minimum atomic E-state index is 0.0778. The molecule has 1 amide bonds. The van der Waals surface area contributed by atoms with Crippen LogP contribution < -0.4 is 10.6 Å². The number of amides is 1. The van der Waals surface area contributed by atoms with E-state index in [0.29, 0.717) is 11.8 Å². The van der Waals surface area contributed by atoms with Gasteiger partial charge in [-0.2, -0.15) is 0 Å². The van der Waals surface area contributed by atoms with Crippen molar-refractivity contribution in [3.05, 3.63) is 0 Å². The summed E-state index contributed by atoms with van der Waals surface area (Å²) in [6.45, 7) is 7.53. The molecule has 2 aliphatic rings. The van der Waals surface area contributed by atoms with Crippen molar-refractivity contribution in [3.8, 4) is 0 Å². The van der Waals surface area contributed by atoms with Crippen LogP contribution in [0.2, 0.25) is 0 Å². The van der Waals surface area contributed by atoms with Crippen LogP contribution in [0.25, 0.3) is 0 Å². The molecule has 1 aliphatic heterocycles. The number of carbonyl (C=O) groups excluding carboxylic acids is 1. The fourth-order valence-corrected chi connectivity index (χ4v) is 3.28. The van der Waals surface area contributed by atoms with Gasteiger partial charge in [0, 0.05) is 6.04 Å². The molecule has 1 saturated heterocycles. The molecule has 0 bridgehead atoms. The third-order valence-corrected chi connectivity index (χ3v) is 4.90. The highest BCUT2D eigenvalue weighted by Gasteiger charge is 2.42. The molecule has 3 heteroatoms. The van der Waals surface area contributed by atoms with Crippen molar-refractivity contribution in [2.75, 3.05) is 6.54 Å². The lowest BCUT2D eigenvalue weighted by Crippen LogP contribution is -2.48. The molecule has 2 rings (SSSR count). The number of hydrogen-bond acceptors (Lipinski definition) is 2. The van der Waals surface area contributed by atoms with Gasteiger partial charge in [0.15, 0.2) is 0 Å². The van der Waals surface area contributed by atoms with Crippen LogP contribution in [0.1, 0.15) is 46.5 Å². The van der Waals surface area contributed by atoms with E-state index in [9.17, 15) is 4.79 Å². The number of hydrogen-bond donors (Lipinski definition) is 2. The zero-order valence-electron chi connectivity index (χ0n) is 11.3. The molecule has 0 radical (unpaired) electrons. The molecule has 1 saturated carbocycles. The molecule has 5 unspecified atom stereocenters. The molecular weight excluding hydrogens is 212 g/mol. The van der Waals surface area contributed by atoms with E-state index in [2.05, 4.69) is 31.4 Å². The molecular formula is C14H26N2O. The van der Waals surface area contributed by atoms with Crippen molar-refractivity contribution in [1.29, 1.82) is 0 Å². The number of rotatable bonds is 4. The Kier molecular flexibility index (Phi) is 4.08. The second kappa shape index (κ2) is 5.38. The zero-order chi connectivity index (χ0) is 12.4. The summed E-state index contributed by atoms with van der Waals surface area (Å²) in [6, 6.07) is 0.365. The van der Waals surface area contributed by atoms with Gasteiger partial charge in [-0.3, -0.25) is 4.79 Å². The van der Waals surface area contributed by atoms with Gasteiger partial charge in [-0.15, -0.1) is 0 Å². The predicted molar refractivity (Wildman–Crippen MR) is 69.7 cm³/mol. The third-order valence-electron chi connectivity index (χ3n) is 4.90. The van der Waals surface area contributed by atoms with Gasteiger partial charge in [0.2, 0.25) is 5.91 Å². The minimum absolute atomic E-state index is 0.0778. The van der Waals surface area contributed by atoms with Crippen molar-refractivity contribution in [3.63, 3.8) is 0 Å². The van der Waals surface area contributed by atoms with E-state index in [-0.39, 0.29) is 18.0 Å². The van der Waals surface area contributed by atoms with E-state index in [1.54, 1.807) is 0 Å². The van der Waals surface area contributed by atoms with Gasteiger partial charge in [0.25, 0.3) is 0 Å². The summed E-state index contributed by atoms with van der Waals surface area (Å²) in [4.78, 5) is 12.2. The first-order chi connectivity index (χ1) is 8.13. The Bertz CT molecular complexity index is 279. The van der Waals surface area contributed by atoms with E-state index in [1.165, 1.54) is 19.3 Å². The second-order valence-electron chi connectivity index (χ2n) is 5.92. The first-order valence-corrected chi connectivity index (χ1v) is 7.17. The maximum Gasteiger partial charge on any atom is 0.237 e. The maximum atomic E-state index is 12.2. The Balaban J connectivity index is 1.88. The molecule has 0 aromatic rings. The molecule has 98 valence electrons. The van der Waals surface area contributed by atoms with Crippen LogP contribution in [0.5, 0.6) is 0 Å². The van der Waals surface area contributed by atoms with Crippen LogP contribution in [-0.2, 0) is 4.79 Å². The highest BCUT2D eigenvalue weighted by molar-refractivity contribution is 5.82. The molecule has 3 nitrogen and oxygen atoms in total. The monoisotopic (exact) mass is 238 g/mol. The average molecular weight is 238 g/mol. The fourth-order valence-electron chi connectivity index (χ4n) is 3.28. The van der Waals surface area contributed by atoms with Crippen molar-refractivity contribution in [2.45, 2.75) is 58.5 Å². The van der Waals surface area contributed by atoms with Crippen LogP contribution in [-0.4, -0.2) is 24.5 Å². The Labute approximate surface area is 105 Å². The molecule has 0 aromatic heterocycles. The maximum absolute atomic E-state index is 12.2. The molecule has 2 N–H and O–H groups in total. The van der Waals surface area contributed by atoms with Crippen molar-refractivity contribution in [2.24, 2.45) is 17.8 Å². The number of fused-ring (bicyclic) bond motifs is 1. The normalized spacial score (nSPS) is 35.4. The Morgan fingerprint density at radius 1 is 1.41 bits per heavy atom. The second-order valence-corrected chi connectivity index (χ2v) is 5.92. The Morgan fingerprint density at radius 2 is 2.18 bits per heavy atom. The molecule has 0 spiro atoms. The standard InChI is InChI=1S/C14H26N2O/c1-4-9(2)10(3)16-14(17)13-12-7-5-6-11(12)8-15-13/h9-13,15H,4-8H2,1-3H3,(H,16,17). The summed E-state index contributed by atoms with van der Waals surface area (Å²) >= 11 is 0. The molecule has 0 aromatic carbocycles. The van der Waals surface area contributed by atoms with E-state index in [1.807, 2.05) is 0 Å². The number of nitrogens with one attached hydrogen (secondary N) is 2. The summed E-state index contributed by atoms with van der Waals surface area (Å²) in [5.41, 5.74) is 0. The lowest BCUT2D eigenvalue weighted by atomic mass is 9.93. The minimum Gasteiger partial charge on any atom is -0.352 e. The highest BCUT2D eigenvalue weighted by Crippen LogP contribution is 2.37. The van der Waals surface area contributed by atoms with E-state index < -0.39 is 0 Å². The molecule has 17 heavy (non-hydrogen) atoms. The van der Waals surface area contributed by atoms with Gasteiger partial charge in [-0.25, -0.2) is 0 Å². The first-order valence-electron chi connectivity index (χ1n) is 7.17. The van der Waals surface area contributed by atoms with Gasteiger partial charge in [-0.05, 0) is 44.1 Å². The van der Waals surface area contributed by atoms with Crippen LogP contribution in [0, 0.1) is 17.8 Å². The van der Waals surface area contributed by atoms with Crippen molar-refractivity contribution < 1.29 is 4.79 Å². The first kappa shape index (κ1) is 12.9. The van der Waals surface area contributed by atoms with E-state index in [4.69, 9.17) is 0 Å². The predicted octanol–water partition coefficient (Wildman–Crippen LogP) is 1.93. The van der Waals surface area contributed by atoms with Gasteiger partial charge in [0.05, 0.1) is 6.04 Å². The Hall–Kier alpha value is -0.570. The molecule has 2 fully saturated rings. The SMILES string of the molecule is CCC(C)C(C)NC(=O)C1NCC2CCCC21. The van der Waals surface area contributed by atoms with Crippen LogP contribution in [0.3, 0.4) is 0 Å². The fraction of sp³-hybridized carbons (Fsp3) is 0.929. The van der Waals surface area contributed by atoms with Gasteiger partial charge >= 0.3 is 0 Å². The zero-order valence-corrected chi connectivity index (χ0v) is 11.3. The van der Waals surface area contributed by atoms with Gasteiger partial charge in [0.1, 0.15) is 0 Å². The highest BCUT2D eigenvalue weighted by atomic mass is 16.2. The summed E-state index contributed by atoms with van der Waals surface area (Å²) in [5.74, 6) is 2.13. The summed E-state index contributed by atoms with van der Waals surface area (Å²) in [7, 11) is 0. The summed E-state index contributed by atoms with van der Waals surface area (Å²) < 4.78 is 0. The Morgan fingerprint density at radius 3 is 2.88 bits per heavy atom. The van der Waals surface area contributed by atoms with Crippen LogP contribution in [0.4, 0.5) is 0 Å². The van der Waals surface area contributed by atoms with Gasteiger partial charge in [-0.1, -0.05) is 26.7 Å². The molecule has 5 atom stereocenters. The number of carbonyl (C=O) groups is 1. The lowest BCUT2D eigenvalue weighted by molar-refractivity contribution is -0.124. The molecule has 1 aliphatic carbocycles. The van der Waals surface area contributed by atoms with E-state index in [0.717, 1.165) is 18.9 Å². The summed E-state index contributed by atoms with van der Waals surface area (Å²) in [5, 5.41) is 6.59. The average Bonchev–Trinajstić information content (AvgIpc) is 2.88. The van der Waals surface area contributed by atoms with Crippen molar-refractivity contribution in [1.82, 2.24) is 10.6 Å². The summed E-state index contributed by atoms with van der Waals surface area (Å²) in [6.07, 6.45) is 4.96. The lowest BCUT2D eigenvalue weighted by Gasteiger charge is -2.24. The van der Waals surface area contributed by atoms with E-state index >= 15 is 0 Å². The topological polar surface area (TPSA) is 41.1 Å². The smallest absolute Gasteiger partial charge is 0.237 e.